The highest BCUT2D eigenvalue weighted by Gasteiger charge is 2.39. The Bertz CT molecular complexity index is 1120. The number of amides is 4. The second kappa shape index (κ2) is 15.4. The van der Waals surface area contributed by atoms with Gasteiger partial charge in [-0.2, -0.15) is 11.8 Å². The van der Waals surface area contributed by atoms with E-state index in [9.17, 15) is 19.2 Å². The van der Waals surface area contributed by atoms with Crippen LogP contribution in [0.2, 0.25) is 0 Å². The topological polar surface area (TPSA) is 157 Å². The molecule has 4 amide bonds. The number of hydrogen-bond donors (Lipinski definition) is 6. The standard InChI is InChI=1S/C28H38N4O6S/c1-39-13-8-24(28(38)31-23-7-6-18-4-2-3-5-19(18)17-23)32-27(37)22-15-20(25(35)29-9-11-33)14-21(16-22)26(36)30-10-12-34/h2-7,17,20-22,24,33-34H,8-16H2,1H3,(H,29,35)(H,30,36)(H,31,38)(H,32,37)/t20-,21+,22?,24-/m0/s1. The zero-order valence-corrected chi connectivity index (χ0v) is 23.0. The molecule has 1 aliphatic carbocycles. The van der Waals surface area contributed by atoms with E-state index in [1.165, 1.54) is 0 Å². The van der Waals surface area contributed by atoms with Crippen molar-refractivity contribution in [2.24, 2.45) is 17.8 Å². The first-order valence-corrected chi connectivity index (χ1v) is 14.6. The molecule has 212 valence electrons. The molecule has 0 aromatic heterocycles. The average molecular weight is 559 g/mol. The van der Waals surface area contributed by atoms with Gasteiger partial charge in [-0.1, -0.05) is 30.3 Å². The molecule has 39 heavy (non-hydrogen) atoms. The molecule has 1 unspecified atom stereocenters. The summed E-state index contributed by atoms with van der Waals surface area (Å²) in [5.74, 6) is -2.56. The largest absolute Gasteiger partial charge is 0.395 e. The maximum Gasteiger partial charge on any atom is 0.246 e. The van der Waals surface area contributed by atoms with Gasteiger partial charge in [0.25, 0.3) is 0 Å². The Hall–Kier alpha value is -3.15. The van der Waals surface area contributed by atoms with E-state index in [0.717, 1.165) is 10.8 Å². The van der Waals surface area contributed by atoms with Crippen molar-refractivity contribution in [1.29, 1.82) is 0 Å². The first-order chi connectivity index (χ1) is 18.9. The highest BCUT2D eigenvalue weighted by molar-refractivity contribution is 7.98. The molecule has 11 heteroatoms. The molecule has 0 bridgehead atoms. The van der Waals surface area contributed by atoms with Crippen LogP contribution >= 0.6 is 11.8 Å². The minimum atomic E-state index is -0.790. The van der Waals surface area contributed by atoms with Crippen LogP contribution in [0.1, 0.15) is 25.7 Å². The molecule has 2 aromatic carbocycles. The first-order valence-electron chi connectivity index (χ1n) is 13.2. The van der Waals surface area contributed by atoms with E-state index in [4.69, 9.17) is 10.2 Å². The van der Waals surface area contributed by atoms with Gasteiger partial charge in [-0.15, -0.1) is 0 Å². The first kappa shape index (κ1) is 30.4. The quantitative estimate of drug-likeness (QED) is 0.216. The Labute approximate surface area is 232 Å². The predicted octanol–water partition coefficient (Wildman–Crippen LogP) is 1.27. The number of benzene rings is 2. The van der Waals surface area contributed by atoms with Crippen molar-refractivity contribution in [3.8, 4) is 0 Å². The smallest absolute Gasteiger partial charge is 0.246 e. The molecule has 6 N–H and O–H groups in total. The van der Waals surface area contributed by atoms with Crippen LogP contribution in [0.25, 0.3) is 10.8 Å². The summed E-state index contributed by atoms with van der Waals surface area (Å²) < 4.78 is 0. The lowest BCUT2D eigenvalue weighted by Gasteiger charge is -2.33. The predicted molar refractivity (Wildman–Crippen MR) is 152 cm³/mol. The number of anilines is 1. The van der Waals surface area contributed by atoms with Crippen LogP contribution in [0.5, 0.6) is 0 Å². The molecular weight excluding hydrogens is 520 g/mol. The van der Waals surface area contributed by atoms with Gasteiger partial charge in [0.15, 0.2) is 0 Å². The number of carbonyl (C=O) groups is 4. The summed E-state index contributed by atoms with van der Waals surface area (Å²) in [6.45, 7) is -0.267. The zero-order chi connectivity index (χ0) is 28.2. The van der Waals surface area contributed by atoms with Gasteiger partial charge in [-0.3, -0.25) is 19.2 Å². The maximum atomic E-state index is 13.4. The van der Waals surface area contributed by atoms with Crippen LogP contribution in [-0.2, 0) is 19.2 Å². The van der Waals surface area contributed by atoms with E-state index in [1.54, 1.807) is 11.8 Å². The number of aliphatic hydroxyl groups is 2. The van der Waals surface area contributed by atoms with E-state index < -0.39 is 23.8 Å². The number of nitrogens with one attached hydrogen (secondary N) is 4. The summed E-state index contributed by atoms with van der Waals surface area (Å²) in [6.07, 6.45) is 3.06. The molecule has 0 aliphatic heterocycles. The minimum absolute atomic E-state index is 0.0826. The molecule has 0 saturated heterocycles. The fraction of sp³-hybridized carbons (Fsp3) is 0.500. The van der Waals surface area contributed by atoms with Crippen LogP contribution in [0, 0.1) is 17.8 Å². The number of thioether (sulfide) groups is 1. The third-order valence-corrected chi connectivity index (χ3v) is 7.55. The summed E-state index contributed by atoms with van der Waals surface area (Å²) in [7, 11) is 0. The van der Waals surface area contributed by atoms with Gasteiger partial charge in [0.1, 0.15) is 6.04 Å². The highest BCUT2D eigenvalue weighted by atomic mass is 32.2. The van der Waals surface area contributed by atoms with Gasteiger partial charge in [0.2, 0.25) is 23.6 Å². The van der Waals surface area contributed by atoms with Crippen molar-refractivity contribution in [1.82, 2.24) is 16.0 Å². The average Bonchev–Trinajstić information content (AvgIpc) is 2.96. The van der Waals surface area contributed by atoms with Crippen molar-refractivity contribution in [2.75, 3.05) is 43.6 Å². The summed E-state index contributed by atoms with van der Waals surface area (Å²) in [4.78, 5) is 52.0. The van der Waals surface area contributed by atoms with Crippen molar-refractivity contribution < 1.29 is 29.4 Å². The molecule has 1 fully saturated rings. The molecule has 10 nitrogen and oxygen atoms in total. The van der Waals surface area contributed by atoms with Gasteiger partial charge in [-0.25, -0.2) is 0 Å². The Morgan fingerprint density at radius 3 is 1.97 bits per heavy atom. The Morgan fingerprint density at radius 1 is 0.846 bits per heavy atom. The summed E-state index contributed by atoms with van der Waals surface area (Å²) >= 11 is 1.56. The van der Waals surface area contributed by atoms with Crippen LogP contribution < -0.4 is 21.3 Å². The molecule has 3 rings (SSSR count). The number of carbonyl (C=O) groups excluding carboxylic acids is 4. The van der Waals surface area contributed by atoms with Crippen LogP contribution in [0.15, 0.2) is 42.5 Å². The lowest BCUT2D eigenvalue weighted by molar-refractivity contribution is -0.136. The van der Waals surface area contributed by atoms with Crippen LogP contribution in [0.4, 0.5) is 5.69 Å². The number of aliphatic hydroxyl groups excluding tert-OH is 2. The normalized spacial score (nSPS) is 19.6. The third kappa shape index (κ3) is 8.94. The highest BCUT2D eigenvalue weighted by Crippen LogP contribution is 2.34. The number of hydrogen-bond acceptors (Lipinski definition) is 7. The molecule has 0 radical (unpaired) electrons. The second-order valence-corrected chi connectivity index (χ2v) is 10.7. The van der Waals surface area contributed by atoms with Crippen LogP contribution in [0.3, 0.4) is 0 Å². The lowest BCUT2D eigenvalue weighted by Crippen LogP contribution is -2.49. The fourth-order valence-corrected chi connectivity index (χ4v) is 5.37. The van der Waals surface area contributed by atoms with Gasteiger partial charge in [-0.05, 0) is 60.6 Å². The maximum absolute atomic E-state index is 13.4. The van der Waals surface area contributed by atoms with Crippen molar-refractivity contribution in [2.45, 2.75) is 31.7 Å². The number of rotatable bonds is 13. The van der Waals surface area contributed by atoms with Crippen molar-refractivity contribution in [3.05, 3.63) is 42.5 Å². The number of fused-ring (bicyclic) bond motifs is 1. The van der Waals surface area contributed by atoms with E-state index in [1.807, 2.05) is 48.7 Å². The van der Waals surface area contributed by atoms with Crippen molar-refractivity contribution in [3.63, 3.8) is 0 Å². The van der Waals surface area contributed by atoms with Crippen molar-refractivity contribution >= 4 is 51.9 Å². The minimum Gasteiger partial charge on any atom is -0.395 e. The molecule has 1 aliphatic rings. The van der Waals surface area contributed by atoms with Gasteiger partial charge >= 0.3 is 0 Å². The Balaban J connectivity index is 1.72. The van der Waals surface area contributed by atoms with E-state index >= 15 is 0 Å². The van der Waals surface area contributed by atoms with E-state index in [0.29, 0.717) is 17.9 Å². The molecule has 4 atom stereocenters. The molecule has 1 saturated carbocycles. The lowest BCUT2D eigenvalue weighted by atomic mass is 9.74. The van der Waals surface area contributed by atoms with Gasteiger partial charge in [0, 0.05) is 36.5 Å². The van der Waals surface area contributed by atoms with E-state index in [2.05, 4.69) is 21.3 Å². The molecular formula is C28H38N4O6S. The van der Waals surface area contributed by atoms with E-state index in [-0.39, 0.29) is 69.2 Å². The second-order valence-electron chi connectivity index (χ2n) is 9.72. The fourth-order valence-electron chi connectivity index (χ4n) is 4.90. The van der Waals surface area contributed by atoms with Gasteiger partial charge in [0.05, 0.1) is 13.2 Å². The SMILES string of the molecule is CSCC[C@H](NC(=O)C1C[C@@H](C(=O)NCCO)C[C@@H](C(=O)NCCO)C1)C(=O)Nc1ccc2ccccc2c1. The van der Waals surface area contributed by atoms with Gasteiger partial charge < -0.3 is 31.5 Å². The Morgan fingerprint density at radius 2 is 1.41 bits per heavy atom. The summed E-state index contributed by atoms with van der Waals surface area (Å²) in [6, 6.07) is 12.7. The van der Waals surface area contributed by atoms with Crippen LogP contribution in [-0.4, -0.2) is 78.2 Å². The zero-order valence-electron chi connectivity index (χ0n) is 22.2. The molecule has 0 spiro atoms. The molecule has 2 aromatic rings. The monoisotopic (exact) mass is 558 g/mol. The third-order valence-electron chi connectivity index (χ3n) is 6.90. The summed E-state index contributed by atoms with van der Waals surface area (Å²) in [5, 5.41) is 31.2. The Kier molecular flexibility index (Phi) is 12.0. The summed E-state index contributed by atoms with van der Waals surface area (Å²) in [5.41, 5.74) is 0.626. The molecule has 0 heterocycles.